The SMILES string of the molecule is Cc1ccc(Cl)cc1-c1ccc(F)cc1. The lowest BCUT2D eigenvalue weighted by atomic mass is 10.0. The summed E-state index contributed by atoms with van der Waals surface area (Å²) >= 11 is 5.92. The molecule has 0 radical (unpaired) electrons. The zero-order valence-electron chi connectivity index (χ0n) is 8.30. The van der Waals surface area contributed by atoms with Crippen LogP contribution in [0.15, 0.2) is 42.5 Å². The Morgan fingerprint density at radius 1 is 1.00 bits per heavy atom. The normalized spacial score (nSPS) is 10.3. The molecule has 0 aromatic heterocycles. The zero-order chi connectivity index (χ0) is 10.8. The van der Waals surface area contributed by atoms with Gasteiger partial charge in [-0.25, -0.2) is 4.39 Å². The standard InChI is InChI=1S/C13H10ClF/c1-9-2-5-11(14)8-13(9)10-3-6-12(15)7-4-10/h2-8H,1H3. The molecule has 0 bridgehead atoms. The van der Waals surface area contributed by atoms with Gasteiger partial charge in [0.05, 0.1) is 0 Å². The summed E-state index contributed by atoms with van der Waals surface area (Å²) in [7, 11) is 0. The fourth-order valence-corrected chi connectivity index (χ4v) is 1.71. The Morgan fingerprint density at radius 3 is 2.33 bits per heavy atom. The summed E-state index contributed by atoms with van der Waals surface area (Å²) in [5, 5.41) is 0.694. The highest BCUT2D eigenvalue weighted by Crippen LogP contribution is 2.26. The van der Waals surface area contributed by atoms with E-state index in [4.69, 9.17) is 11.6 Å². The van der Waals surface area contributed by atoms with Crippen LogP contribution in [0.25, 0.3) is 11.1 Å². The van der Waals surface area contributed by atoms with Crippen molar-refractivity contribution in [2.45, 2.75) is 6.92 Å². The van der Waals surface area contributed by atoms with Gasteiger partial charge in [0, 0.05) is 5.02 Å². The van der Waals surface area contributed by atoms with Crippen LogP contribution in [0, 0.1) is 12.7 Å². The molecule has 2 rings (SSSR count). The molecular weight excluding hydrogens is 211 g/mol. The topological polar surface area (TPSA) is 0 Å². The lowest BCUT2D eigenvalue weighted by Gasteiger charge is -2.06. The number of hydrogen-bond acceptors (Lipinski definition) is 0. The van der Waals surface area contributed by atoms with Crippen molar-refractivity contribution in [3.8, 4) is 11.1 Å². The average molecular weight is 221 g/mol. The first-order valence-electron chi connectivity index (χ1n) is 4.69. The maximum atomic E-state index is 12.8. The van der Waals surface area contributed by atoms with Gasteiger partial charge in [0.25, 0.3) is 0 Å². The van der Waals surface area contributed by atoms with Gasteiger partial charge < -0.3 is 0 Å². The molecular formula is C13H10ClF. The Morgan fingerprint density at radius 2 is 1.67 bits per heavy atom. The molecule has 0 atom stereocenters. The monoisotopic (exact) mass is 220 g/mol. The maximum Gasteiger partial charge on any atom is 0.123 e. The van der Waals surface area contributed by atoms with E-state index < -0.39 is 0 Å². The van der Waals surface area contributed by atoms with Gasteiger partial charge in [-0.3, -0.25) is 0 Å². The molecule has 0 nitrogen and oxygen atoms in total. The predicted octanol–water partition coefficient (Wildman–Crippen LogP) is 4.45. The summed E-state index contributed by atoms with van der Waals surface area (Å²) in [5.74, 6) is -0.224. The van der Waals surface area contributed by atoms with E-state index in [1.165, 1.54) is 12.1 Å². The van der Waals surface area contributed by atoms with E-state index in [1.807, 2.05) is 25.1 Å². The number of aryl methyl sites for hydroxylation is 1. The molecule has 0 aliphatic carbocycles. The van der Waals surface area contributed by atoms with E-state index in [9.17, 15) is 4.39 Å². The molecule has 0 fully saturated rings. The van der Waals surface area contributed by atoms with Crippen molar-refractivity contribution in [2.75, 3.05) is 0 Å². The zero-order valence-corrected chi connectivity index (χ0v) is 9.05. The average Bonchev–Trinajstić information content (AvgIpc) is 2.23. The molecule has 0 saturated heterocycles. The molecule has 2 aromatic rings. The molecule has 0 spiro atoms. The molecule has 0 aliphatic rings. The summed E-state index contributed by atoms with van der Waals surface area (Å²) in [6, 6.07) is 12.1. The maximum absolute atomic E-state index is 12.8. The van der Waals surface area contributed by atoms with Crippen molar-refractivity contribution >= 4 is 11.6 Å². The molecule has 76 valence electrons. The molecule has 0 N–H and O–H groups in total. The summed E-state index contributed by atoms with van der Waals surface area (Å²) < 4.78 is 12.8. The molecule has 0 heterocycles. The summed E-state index contributed by atoms with van der Waals surface area (Å²) in [5.41, 5.74) is 3.16. The van der Waals surface area contributed by atoms with Gasteiger partial charge in [-0.1, -0.05) is 29.8 Å². The minimum Gasteiger partial charge on any atom is -0.207 e. The minimum atomic E-state index is -0.224. The number of benzene rings is 2. The smallest absolute Gasteiger partial charge is 0.123 e. The van der Waals surface area contributed by atoms with Crippen LogP contribution in [-0.2, 0) is 0 Å². The Kier molecular flexibility index (Phi) is 2.74. The van der Waals surface area contributed by atoms with E-state index in [-0.39, 0.29) is 5.82 Å². The van der Waals surface area contributed by atoms with Gasteiger partial charge >= 0.3 is 0 Å². The van der Waals surface area contributed by atoms with Gasteiger partial charge in [-0.15, -0.1) is 0 Å². The molecule has 0 saturated carbocycles. The van der Waals surface area contributed by atoms with Crippen molar-refractivity contribution in [1.82, 2.24) is 0 Å². The van der Waals surface area contributed by atoms with Crippen molar-refractivity contribution < 1.29 is 4.39 Å². The second-order valence-electron chi connectivity index (χ2n) is 3.47. The highest BCUT2D eigenvalue weighted by Gasteiger charge is 2.02. The van der Waals surface area contributed by atoms with E-state index in [0.29, 0.717) is 5.02 Å². The molecule has 15 heavy (non-hydrogen) atoms. The highest BCUT2D eigenvalue weighted by atomic mass is 35.5. The van der Waals surface area contributed by atoms with Crippen LogP contribution in [0.3, 0.4) is 0 Å². The largest absolute Gasteiger partial charge is 0.207 e. The minimum absolute atomic E-state index is 0.224. The predicted molar refractivity (Wildman–Crippen MR) is 61.6 cm³/mol. The van der Waals surface area contributed by atoms with Gasteiger partial charge in [0.1, 0.15) is 5.82 Å². The summed E-state index contributed by atoms with van der Waals surface area (Å²) in [6.45, 7) is 2.01. The van der Waals surface area contributed by atoms with E-state index in [2.05, 4.69) is 0 Å². The van der Waals surface area contributed by atoms with Crippen LogP contribution in [0.5, 0.6) is 0 Å². The van der Waals surface area contributed by atoms with Crippen molar-refractivity contribution in [3.05, 3.63) is 58.9 Å². The number of rotatable bonds is 1. The quantitative estimate of drug-likeness (QED) is 0.666. The van der Waals surface area contributed by atoms with E-state index in [0.717, 1.165) is 16.7 Å². The van der Waals surface area contributed by atoms with Crippen LogP contribution in [0.2, 0.25) is 5.02 Å². The first-order valence-corrected chi connectivity index (χ1v) is 5.07. The highest BCUT2D eigenvalue weighted by molar-refractivity contribution is 6.30. The third kappa shape index (κ3) is 2.18. The van der Waals surface area contributed by atoms with Gasteiger partial charge in [-0.05, 0) is 47.9 Å². The lowest BCUT2D eigenvalue weighted by Crippen LogP contribution is -1.83. The Hall–Kier alpha value is -1.34. The van der Waals surface area contributed by atoms with Crippen LogP contribution < -0.4 is 0 Å². The van der Waals surface area contributed by atoms with Gasteiger partial charge in [0.15, 0.2) is 0 Å². The molecule has 0 aliphatic heterocycles. The number of hydrogen-bond donors (Lipinski definition) is 0. The van der Waals surface area contributed by atoms with Crippen LogP contribution >= 0.6 is 11.6 Å². The Bertz CT molecular complexity index is 474. The van der Waals surface area contributed by atoms with Gasteiger partial charge in [0.2, 0.25) is 0 Å². The first kappa shape index (κ1) is 10.2. The summed E-state index contributed by atoms with van der Waals surface area (Å²) in [4.78, 5) is 0. The second kappa shape index (κ2) is 4.03. The number of halogens is 2. The van der Waals surface area contributed by atoms with E-state index >= 15 is 0 Å². The molecule has 0 amide bonds. The lowest BCUT2D eigenvalue weighted by molar-refractivity contribution is 0.628. The molecule has 0 unspecified atom stereocenters. The van der Waals surface area contributed by atoms with E-state index in [1.54, 1.807) is 12.1 Å². The second-order valence-corrected chi connectivity index (χ2v) is 3.90. The van der Waals surface area contributed by atoms with Crippen molar-refractivity contribution in [3.63, 3.8) is 0 Å². The van der Waals surface area contributed by atoms with Crippen molar-refractivity contribution in [2.24, 2.45) is 0 Å². The summed E-state index contributed by atoms with van der Waals surface area (Å²) in [6.07, 6.45) is 0. The van der Waals surface area contributed by atoms with Crippen LogP contribution in [-0.4, -0.2) is 0 Å². The molecule has 2 heteroatoms. The third-order valence-electron chi connectivity index (χ3n) is 2.35. The third-order valence-corrected chi connectivity index (χ3v) is 2.59. The fourth-order valence-electron chi connectivity index (χ4n) is 1.53. The first-order chi connectivity index (χ1) is 7.16. The van der Waals surface area contributed by atoms with Crippen LogP contribution in [0.4, 0.5) is 4.39 Å². The van der Waals surface area contributed by atoms with Gasteiger partial charge in [-0.2, -0.15) is 0 Å². The molecule has 2 aromatic carbocycles. The van der Waals surface area contributed by atoms with Crippen molar-refractivity contribution in [1.29, 1.82) is 0 Å². The Labute approximate surface area is 93.3 Å². The fraction of sp³-hybridized carbons (Fsp3) is 0.0769. The Balaban J connectivity index is 2.53. The van der Waals surface area contributed by atoms with Crippen LogP contribution in [0.1, 0.15) is 5.56 Å².